The molecule has 0 aromatic heterocycles. The van der Waals surface area contributed by atoms with Crippen molar-refractivity contribution in [3.63, 3.8) is 0 Å². The van der Waals surface area contributed by atoms with Crippen LogP contribution in [0, 0.1) is 5.82 Å². The first-order valence-electron chi connectivity index (χ1n) is 7.94. The summed E-state index contributed by atoms with van der Waals surface area (Å²) in [4.78, 5) is -0.0328. The first-order valence-corrected chi connectivity index (χ1v) is 8.65. The van der Waals surface area contributed by atoms with Crippen LogP contribution in [0.1, 0.15) is 44.4 Å². The Labute approximate surface area is 147 Å². The van der Waals surface area contributed by atoms with Gasteiger partial charge in [0.05, 0.1) is 17.0 Å². The average Bonchev–Trinajstić information content (AvgIpc) is 2.54. The van der Waals surface area contributed by atoms with Crippen LogP contribution < -0.4 is 5.32 Å². The molecule has 24 heavy (non-hydrogen) atoms. The Bertz CT molecular complexity index is 748. The molecule has 2 aromatic carbocycles. The predicted octanol–water partition coefficient (Wildman–Crippen LogP) is 6.75. The molecule has 0 unspecified atom stereocenters. The Hall–Kier alpha value is -1.81. The zero-order valence-corrected chi connectivity index (χ0v) is 15.4. The minimum absolute atomic E-state index is 0.0328. The molecule has 0 aliphatic heterocycles. The van der Waals surface area contributed by atoms with Crippen LogP contribution in [0.3, 0.4) is 0 Å². The lowest BCUT2D eigenvalue weighted by Crippen LogP contribution is -2.12. The predicted molar refractivity (Wildman–Crippen MR) is 101 cm³/mol. The molecule has 0 saturated carbocycles. The second-order valence-electron chi connectivity index (χ2n) is 6.80. The lowest BCUT2D eigenvalue weighted by atomic mass is 9.86. The van der Waals surface area contributed by atoms with E-state index in [1.165, 1.54) is 23.3 Å². The number of hydrogen-bond acceptors (Lipinski definition) is 2. The zero-order valence-electron chi connectivity index (χ0n) is 14.5. The number of rotatable bonds is 5. The maximum absolute atomic E-state index is 13.5. The molecule has 2 aromatic rings. The third-order valence-electron chi connectivity index (χ3n) is 4.01. The Kier molecular flexibility index (Phi) is 5.70. The van der Waals surface area contributed by atoms with Gasteiger partial charge in [-0.1, -0.05) is 46.4 Å². The first kappa shape index (κ1) is 18.5. The summed E-state index contributed by atoms with van der Waals surface area (Å²) in [6.07, 6.45) is 0.884. The maximum atomic E-state index is 13.5. The van der Waals surface area contributed by atoms with Crippen molar-refractivity contribution in [2.24, 2.45) is 0 Å². The van der Waals surface area contributed by atoms with E-state index in [9.17, 15) is 8.28 Å². The van der Waals surface area contributed by atoms with Crippen LogP contribution in [-0.4, -0.2) is 0 Å². The highest BCUT2D eigenvalue weighted by Gasteiger charge is 2.16. The topological polar surface area (TPSA) is 12.0 Å². The Morgan fingerprint density at radius 1 is 1.17 bits per heavy atom. The second kappa shape index (κ2) is 7.39. The van der Waals surface area contributed by atoms with E-state index >= 15 is 0 Å². The summed E-state index contributed by atoms with van der Waals surface area (Å²) in [5.41, 5.74) is 4.69. The van der Waals surface area contributed by atoms with Gasteiger partial charge in [0, 0.05) is 11.4 Å². The largest absolute Gasteiger partial charge is 0.355 e. The molecule has 0 atom stereocenters. The van der Waals surface area contributed by atoms with Gasteiger partial charge in [0.25, 0.3) is 0 Å². The second-order valence-corrected chi connectivity index (χ2v) is 7.40. The van der Waals surface area contributed by atoms with Crippen LogP contribution in [0.2, 0.25) is 0 Å². The maximum Gasteiger partial charge on any atom is 0.139 e. The minimum atomic E-state index is -0.567. The molecule has 0 heterocycles. The van der Waals surface area contributed by atoms with Crippen LogP contribution in [-0.2, 0) is 11.8 Å². The molecule has 0 amide bonds. The molecular weight excluding hydrogens is 324 g/mol. The van der Waals surface area contributed by atoms with Gasteiger partial charge in [0.2, 0.25) is 0 Å². The summed E-state index contributed by atoms with van der Waals surface area (Å²) in [6, 6.07) is 10.7. The summed E-state index contributed by atoms with van der Waals surface area (Å²) in [6.45, 7) is 12.6. The van der Waals surface area contributed by atoms with Gasteiger partial charge in [-0.2, -0.15) is 3.89 Å². The zero-order chi connectivity index (χ0) is 17.9. The van der Waals surface area contributed by atoms with Crippen LogP contribution in [0.25, 0.3) is 5.70 Å². The fraction of sp³-hybridized carbons (Fsp3) is 0.300. The van der Waals surface area contributed by atoms with Crippen molar-refractivity contribution in [3.05, 3.63) is 65.5 Å². The smallest absolute Gasteiger partial charge is 0.139 e. The molecule has 0 saturated heterocycles. The Morgan fingerprint density at radius 3 is 2.46 bits per heavy atom. The van der Waals surface area contributed by atoms with Gasteiger partial charge in [0.1, 0.15) is 5.82 Å². The molecular formula is C20H23F2NS. The van der Waals surface area contributed by atoms with E-state index in [4.69, 9.17) is 0 Å². The molecule has 4 heteroatoms. The summed E-state index contributed by atoms with van der Waals surface area (Å²) in [5, 5.41) is 3.31. The van der Waals surface area contributed by atoms with Crippen LogP contribution in [0.5, 0.6) is 0 Å². The fourth-order valence-corrected chi connectivity index (χ4v) is 2.77. The molecule has 0 spiro atoms. The van der Waals surface area contributed by atoms with Crippen molar-refractivity contribution in [1.82, 2.24) is 0 Å². The number of anilines is 1. The van der Waals surface area contributed by atoms with Crippen LogP contribution in [0.15, 0.2) is 47.9 Å². The SMILES string of the molecule is C=C(Nc1cc(C(C)(C)C)ccc1CC)c1ccc(F)c(SF)c1. The van der Waals surface area contributed by atoms with Crippen molar-refractivity contribution in [3.8, 4) is 0 Å². The number of aryl methyl sites for hydroxylation is 1. The molecule has 2 rings (SSSR count). The fourth-order valence-electron chi connectivity index (χ4n) is 2.45. The van der Waals surface area contributed by atoms with Gasteiger partial charge in [-0.15, -0.1) is 0 Å². The summed E-state index contributed by atoms with van der Waals surface area (Å²) < 4.78 is 26.2. The van der Waals surface area contributed by atoms with Gasteiger partial charge >= 0.3 is 0 Å². The van der Waals surface area contributed by atoms with E-state index < -0.39 is 5.82 Å². The third kappa shape index (κ3) is 4.18. The lowest BCUT2D eigenvalue weighted by Gasteiger charge is -2.22. The van der Waals surface area contributed by atoms with Gasteiger partial charge in [-0.25, -0.2) is 4.39 Å². The van der Waals surface area contributed by atoms with Crippen molar-refractivity contribution < 1.29 is 8.28 Å². The molecule has 1 N–H and O–H groups in total. The van der Waals surface area contributed by atoms with Crippen LogP contribution in [0.4, 0.5) is 14.0 Å². The monoisotopic (exact) mass is 347 g/mol. The lowest BCUT2D eigenvalue weighted by molar-refractivity contribution is 0.590. The molecule has 0 aliphatic carbocycles. The molecule has 1 nitrogen and oxygen atoms in total. The third-order valence-corrected chi connectivity index (χ3v) is 4.48. The average molecular weight is 347 g/mol. The molecule has 0 radical (unpaired) electrons. The van der Waals surface area contributed by atoms with E-state index in [0.29, 0.717) is 11.3 Å². The van der Waals surface area contributed by atoms with Gasteiger partial charge in [0.15, 0.2) is 0 Å². The number of hydrogen-bond donors (Lipinski definition) is 1. The van der Waals surface area contributed by atoms with Crippen LogP contribution >= 0.6 is 12.1 Å². The summed E-state index contributed by atoms with van der Waals surface area (Å²) in [7, 11) is 0. The molecule has 0 aliphatic rings. The van der Waals surface area contributed by atoms with Gasteiger partial charge in [-0.05, 0) is 52.8 Å². The minimum Gasteiger partial charge on any atom is -0.355 e. The molecule has 128 valence electrons. The van der Waals surface area contributed by atoms with Gasteiger partial charge < -0.3 is 5.32 Å². The normalized spacial score (nSPS) is 11.4. The van der Waals surface area contributed by atoms with E-state index in [1.807, 2.05) is 0 Å². The van der Waals surface area contributed by atoms with Crippen molar-refractivity contribution in [2.45, 2.75) is 44.4 Å². The van der Waals surface area contributed by atoms with Crippen molar-refractivity contribution >= 4 is 23.5 Å². The number of halogens is 2. The Morgan fingerprint density at radius 2 is 1.88 bits per heavy atom. The molecule has 0 fully saturated rings. The summed E-state index contributed by atoms with van der Waals surface area (Å²) >= 11 is -0.0971. The van der Waals surface area contributed by atoms with E-state index in [1.54, 1.807) is 6.07 Å². The summed E-state index contributed by atoms with van der Waals surface area (Å²) in [5.74, 6) is -0.567. The van der Waals surface area contributed by atoms with E-state index in [2.05, 4.69) is 57.8 Å². The number of benzene rings is 2. The van der Waals surface area contributed by atoms with E-state index in [-0.39, 0.29) is 22.5 Å². The van der Waals surface area contributed by atoms with E-state index in [0.717, 1.165) is 12.1 Å². The standard InChI is InChI=1S/C20H23F2NS/c1-6-14-7-9-16(20(3,4)5)12-18(14)23-13(2)15-8-10-17(21)19(11-15)24-22/h7-12,23H,2,6H2,1,3-5H3. The quantitative estimate of drug-likeness (QED) is 0.642. The first-order chi connectivity index (χ1) is 11.3. The Balaban J connectivity index is 2.34. The highest BCUT2D eigenvalue weighted by Crippen LogP contribution is 2.31. The number of nitrogens with one attached hydrogen (secondary N) is 1. The van der Waals surface area contributed by atoms with Gasteiger partial charge in [-0.3, -0.25) is 0 Å². The van der Waals surface area contributed by atoms with Crippen molar-refractivity contribution in [2.75, 3.05) is 5.32 Å². The highest BCUT2D eigenvalue weighted by molar-refractivity contribution is 7.94. The highest BCUT2D eigenvalue weighted by atomic mass is 32.2. The van der Waals surface area contributed by atoms with Crippen molar-refractivity contribution in [1.29, 1.82) is 0 Å². The molecule has 0 bridgehead atoms.